The molecular weight excluding hydrogens is 399 g/mol. The van der Waals surface area contributed by atoms with E-state index in [4.69, 9.17) is 14.2 Å². The highest BCUT2D eigenvalue weighted by Gasteiger charge is 2.37. The molecule has 0 aromatic heterocycles. The third kappa shape index (κ3) is 4.23. The van der Waals surface area contributed by atoms with E-state index in [0.717, 1.165) is 17.5 Å². The number of methoxy groups -OCH3 is 1. The van der Waals surface area contributed by atoms with E-state index >= 15 is 0 Å². The lowest BCUT2D eigenvalue weighted by Crippen LogP contribution is -2.34. The van der Waals surface area contributed by atoms with Gasteiger partial charge in [0, 0.05) is 31.0 Å². The third-order valence-electron chi connectivity index (χ3n) is 5.40. The summed E-state index contributed by atoms with van der Waals surface area (Å²) in [6.07, 6.45) is -1.81. The topological polar surface area (TPSA) is 48.0 Å². The minimum atomic E-state index is -4.61. The van der Waals surface area contributed by atoms with Crippen molar-refractivity contribution in [2.24, 2.45) is 0 Å². The van der Waals surface area contributed by atoms with Crippen molar-refractivity contribution >= 4 is 5.78 Å². The standard InChI is InChI=1S/C22H24F3NO4/c1-5-6-14(13(2)22(23,24)25)9-16(27)11-17-19-15(7-8-26(17)3)10-18-20(21(19)28-4)30-12-29-18/h5-6,10,17H,1-2,7-9,11-12H2,3-4H3/b14-6-. The van der Waals surface area contributed by atoms with Crippen LogP contribution >= 0.6 is 0 Å². The van der Waals surface area contributed by atoms with E-state index in [9.17, 15) is 18.0 Å². The second-order valence-corrected chi connectivity index (χ2v) is 7.29. The van der Waals surface area contributed by atoms with E-state index in [1.807, 2.05) is 18.0 Å². The molecule has 2 aliphatic heterocycles. The zero-order valence-corrected chi connectivity index (χ0v) is 17.0. The molecule has 1 aromatic rings. The first kappa shape index (κ1) is 22.0. The molecule has 1 unspecified atom stereocenters. The van der Waals surface area contributed by atoms with Gasteiger partial charge in [0.15, 0.2) is 11.5 Å². The van der Waals surface area contributed by atoms with E-state index in [-0.39, 0.29) is 37.0 Å². The van der Waals surface area contributed by atoms with Gasteiger partial charge in [-0.2, -0.15) is 13.2 Å². The molecule has 0 spiro atoms. The number of fused-ring (bicyclic) bond motifs is 2. The van der Waals surface area contributed by atoms with Crippen molar-refractivity contribution in [3.8, 4) is 17.2 Å². The molecule has 1 atom stereocenters. The van der Waals surface area contributed by atoms with Gasteiger partial charge in [-0.1, -0.05) is 25.3 Å². The maximum Gasteiger partial charge on any atom is 0.416 e. The van der Waals surface area contributed by atoms with Gasteiger partial charge in [-0.25, -0.2) is 0 Å². The largest absolute Gasteiger partial charge is 0.492 e. The molecule has 2 heterocycles. The Kier molecular flexibility index (Phi) is 6.26. The number of benzene rings is 1. The van der Waals surface area contributed by atoms with Crippen molar-refractivity contribution in [2.75, 3.05) is 27.5 Å². The van der Waals surface area contributed by atoms with Crippen LogP contribution in [-0.2, 0) is 11.2 Å². The Morgan fingerprint density at radius 3 is 2.77 bits per heavy atom. The van der Waals surface area contributed by atoms with Crippen LogP contribution in [0.3, 0.4) is 0 Å². The molecule has 8 heteroatoms. The quantitative estimate of drug-likeness (QED) is 0.603. The number of halogens is 3. The minimum absolute atomic E-state index is 0.0269. The van der Waals surface area contributed by atoms with Crippen LogP contribution in [0.1, 0.15) is 30.0 Å². The number of carbonyl (C=O) groups excluding carboxylic acids is 1. The number of allylic oxidation sites excluding steroid dienone is 4. The van der Waals surface area contributed by atoms with Crippen LogP contribution in [-0.4, -0.2) is 44.4 Å². The molecule has 0 bridgehead atoms. The Labute approximate surface area is 173 Å². The zero-order chi connectivity index (χ0) is 22.1. The molecule has 0 radical (unpaired) electrons. The number of hydrogen-bond acceptors (Lipinski definition) is 5. The van der Waals surface area contributed by atoms with E-state index in [0.29, 0.717) is 23.8 Å². The summed E-state index contributed by atoms with van der Waals surface area (Å²) in [6.45, 7) is 7.33. The number of ketones is 1. The highest BCUT2D eigenvalue weighted by Crippen LogP contribution is 2.50. The third-order valence-corrected chi connectivity index (χ3v) is 5.40. The molecule has 162 valence electrons. The maximum absolute atomic E-state index is 13.1. The van der Waals surface area contributed by atoms with Gasteiger partial charge < -0.3 is 14.2 Å². The van der Waals surface area contributed by atoms with Crippen molar-refractivity contribution in [1.82, 2.24) is 4.90 Å². The number of ether oxygens (including phenoxy) is 3. The SMILES string of the molecule is C=C/C=C(/CC(=O)CC1c2c(cc3c(c2OC)OCO3)CCN1C)C(=C)C(F)(F)F. The van der Waals surface area contributed by atoms with Gasteiger partial charge >= 0.3 is 6.18 Å². The molecule has 0 saturated carbocycles. The van der Waals surface area contributed by atoms with Gasteiger partial charge in [-0.3, -0.25) is 9.69 Å². The Morgan fingerprint density at radius 2 is 2.13 bits per heavy atom. The van der Waals surface area contributed by atoms with Gasteiger partial charge in [-0.05, 0) is 30.7 Å². The van der Waals surface area contributed by atoms with Gasteiger partial charge in [0.2, 0.25) is 12.5 Å². The van der Waals surface area contributed by atoms with Crippen molar-refractivity contribution in [3.63, 3.8) is 0 Å². The van der Waals surface area contributed by atoms with Crippen LogP contribution in [0.15, 0.2) is 42.5 Å². The fourth-order valence-corrected chi connectivity index (χ4v) is 3.87. The molecule has 0 fully saturated rings. The molecule has 30 heavy (non-hydrogen) atoms. The molecule has 0 amide bonds. The molecule has 2 aliphatic rings. The second-order valence-electron chi connectivity index (χ2n) is 7.29. The van der Waals surface area contributed by atoms with Crippen LogP contribution in [0.25, 0.3) is 0 Å². The Morgan fingerprint density at radius 1 is 1.40 bits per heavy atom. The van der Waals surface area contributed by atoms with Gasteiger partial charge in [-0.15, -0.1) is 0 Å². The number of likely N-dealkylation sites (N-methyl/N-ethyl adjacent to an activating group) is 1. The summed E-state index contributed by atoms with van der Waals surface area (Å²) in [7, 11) is 3.39. The molecule has 3 rings (SSSR count). The Balaban J connectivity index is 1.89. The summed E-state index contributed by atoms with van der Waals surface area (Å²) >= 11 is 0. The Bertz CT molecular complexity index is 905. The molecular formula is C22H24F3NO4. The average molecular weight is 423 g/mol. The molecule has 0 saturated heterocycles. The molecule has 5 nitrogen and oxygen atoms in total. The Hall–Kier alpha value is -2.74. The lowest BCUT2D eigenvalue weighted by atomic mass is 9.87. The summed E-state index contributed by atoms with van der Waals surface area (Å²) in [5.74, 6) is 1.25. The first-order chi connectivity index (χ1) is 14.2. The van der Waals surface area contributed by atoms with Crippen LogP contribution in [0.4, 0.5) is 13.2 Å². The van der Waals surface area contributed by atoms with Gasteiger partial charge in [0.25, 0.3) is 0 Å². The van der Waals surface area contributed by atoms with Crippen LogP contribution in [0, 0.1) is 0 Å². The van der Waals surface area contributed by atoms with Crippen molar-refractivity contribution < 1.29 is 32.2 Å². The number of alkyl halides is 3. The molecule has 0 N–H and O–H groups in total. The van der Waals surface area contributed by atoms with Crippen molar-refractivity contribution in [2.45, 2.75) is 31.5 Å². The van der Waals surface area contributed by atoms with E-state index in [1.165, 1.54) is 19.3 Å². The van der Waals surface area contributed by atoms with E-state index in [1.54, 1.807) is 0 Å². The lowest BCUT2D eigenvalue weighted by molar-refractivity contribution is -0.119. The van der Waals surface area contributed by atoms with Crippen LogP contribution in [0.5, 0.6) is 17.2 Å². The first-order valence-electron chi connectivity index (χ1n) is 9.46. The fourth-order valence-electron chi connectivity index (χ4n) is 3.87. The van der Waals surface area contributed by atoms with E-state index in [2.05, 4.69) is 13.2 Å². The highest BCUT2D eigenvalue weighted by molar-refractivity contribution is 5.83. The zero-order valence-electron chi connectivity index (χ0n) is 17.0. The first-order valence-corrected chi connectivity index (χ1v) is 9.46. The maximum atomic E-state index is 13.1. The predicted octanol–water partition coefficient (Wildman–Crippen LogP) is 4.53. The van der Waals surface area contributed by atoms with E-state index < -0.39 is 11.7 Å². The van der Waals surface area contributed by atoms with Gasteiger partial charge in [0.1, 0.15) is 5.78 Å². The molecule has 1 aromatic carbocycles. The monoisotopic (exact) mass is 423 g/mol. The smallest absolute Gasteiger partial charge is 0.416 e. The van der Waals surface area contributed by atoms with Crippen molar-refractivity contribution in [1.29, 1.82) is 0 Å². The summed E-state index contributed by atoms with van der Waals surface area (Å²) in [5.41, 5.74) is 0.578. The minimum Gasteiger partial charge on any atom is -0.492 e. The summed E-state index contributed by atoms with van der Waals surface area (Å²) < 4.78 is 55.8. The number of rotatable bonds is 7. The molecule has 0 aliphatic carbocycles. The predicted molar refractivity (Wildman–Crippen MR) is 106 cm³/mol. The summed E-state index contributed by atoms with van der Waals surface area (Å²) in [4.78, 5) is 14.8. The average Bonchev–Trinajstić information content (AvgIpc) is 3.15. The summed E-state index contributed by atoms with van der Waals surface area (Å²) in [5, 5.41) is 0. The van der Waals surface area contributed by atoms with Crippen molar-refractivity contribution in [3.05, 3.63) is 53.6 Å². The number of nitrogens with zero attached hydrogens (tertiary/aromatic N) is 1. The van der Waals surface area contributed by atoms with Crippen LogP contribution < -0.4 is 14.2 Å². The van der Waals surface area contributed by atoms with Gasteiger partial charge in [0.05, 0.1) is 12.7 Å². The lowest BCUT2D eigenvalue weighted by Gasteiger charge is -2.35. The van der Waals surface area contributed by atoms with Crippen LogP contribution in [0.2, 0.25) is 0 Å². The fraction of sp³-hybridized carbons (Fsp3) is 0.409. The second kappa shape index (κ2) is 8.55. The normalized spacial score (nSPS) is 18.7. The number of carbonyl (C=O) groups is 1. The number of Topliss-reactive ketones (excluding diaryl/α,β-unsaturated/α-hetero) is 1. The highest BCUT2D eigenvalue weighted by atomic mass is 19.4. The number of hydrogen-bond donors (Lipinski definition) is 0. The summed E-state index contributed by atoms with van der Waals surface area (Å²) in [6, 6.07) is 1.54.